The molecule has 2 aromatic rings. The Morgan fingerprint density at radius 3 is 2.30 bits per heavy atom. The Bertz CT molecular complexity index is 731. The number of benzene rings is 2. The number of para-hydroxylation sites is 1. The van der Waals surface area contributed by atoms with Crippen LogP contribution in [0.3, 0.4) is 0 Å². The molecule has 7 nitrogen and oxygen atoms in total. The molecule has 0 spiro atoms. The highest BCUT2D eigenvalue weighted by Crippen LogP contribution is 2.28. The number of ether oxygens (including phenoxy) is 3. The molecule has 0 radical (unpaired) electrons. The van der Waals surface area contributed by atoms with E-state index in [1.54, 1.807) is 19.2 Å². The van der Waals surface area contributed by atoms with Gasteiger partial charge in [-0.1, -0.05) is 30.3 Å². The first-order valence-electron chi connectivity index (χ1n) is 8.71. The molecule has 0 aliphatic carbocycles. The lowest BCUT2D eigenvalue weighted by molar-refractivity contribution is -0.277. The van der Waals surface area contributed by atoms with Crippen molar-refractivity contribution in [3.8, 4) is 11.5 Å². The van der Waals surface area contributed by atoms with Crippen LogP contribution in [0.4, 0.5) is 0 Å². The van der Waals surface area contributed by atoms with E-state index in [1.165, 1.54) is 0 Å². The Balaban J connectivity index is 1.77. The van der Waals surface area contributed by atoms with Gasteiger partial charge in [0.05, 0.1) is 13.7 Å². The van der Waals surface area contributed by atoms with Gasteiger partial charge in [-0.3, -0.25) is 0 Å². The first kappa shape index (κ1) is 19.6. The topological polar surface area (TPSA) is 109 Å². The first-order chi connectivity index (χ1) is 13.0. The summed E-state index contributed by atoms with van der Waals surface area (Å²) in [7, 11) is 1.61. The molecular formula is C20H24O7. The van der Waals surface area contributed by atoms with Gasteiger partial charge < -0.3 is 34.6 Å². The van der Waals surface area contributed by atoms with E-state index < -0.39 is 37.3 Å². The normalized spacial score (nSPS) is 28.0. The second-order valence-electron chi connectivity index (χ2n) is 6.45. The Morgan fingerprint density at radius 2 is 1.63 bits per heavy atom. The lowest BCUT2D eigenvalue weighted by Gasteiger charge is -2.39. The van der Waals surface area contributed by atoms with Crippen molar-refractivity contribution in [1.82, 2.24) is 0 Å². The van der Waals surface area contributed by atoms with Gasteiger partial charge >= 0.3 is 0 Å². The van der Waals surface area contributed by atoms with E-state index >= 15 is 0 Å². The van der Waals surface area contributed by atoms with Crippen molar-refractivity contribution in [2.45, 2.75) is 37.1 Å². The molecule has 4 N–H and O–H groups in total. The van der Waals surface area contributed by atoms with Crippen LogP contribution >= 0.6 is 0 Å². The van der Waals surface area contributed by atoms with Gasteiger partial charge in [-0.15, -0.1) is 0 Å². The molecule has 146 valence electrons. The van der Waals surface area contributed by atoms with Gasteiger partial charge in [-0.05, 0) is 29.3 Å². The third-order valence-corrected chi connectivity index (χ3v) is 4.62. The molecule has 1 fully saturated rings. The molecule has 0 amide bonds. The third kappa shape index (κ3) is 4.40. The number of rotatable bonds is 6. The molecule has 5 atom stereocenters. The summed E-state index contributed by atoms with van der Waals surface area (Å²) < 4.78 is 16.4. The maximum Gasteiger partial charge on any atom is 0.229 e. The van der Waals surface area contributed by atoms with E-state index in [-0.39, 0.29) is 0 Å². The van der Waals surface area contributed by atoms with Crippen molar-refractivity contribution < 1.29 is 34.6 Å². The van der Waals surface area contributed by atoms with Crippen molar-refractivity contribution in [2.24, 2.45) is 0 Å². The van der Waals surface area contributed by atoms with Crippen LogP contribution in [0.15, 0.2) is 48.5 Å². The minimum absolute atomic E-state index is 0.484. The van der Waals surface area contributed by atoms with Crippen LogP contribution < -0.4 is 9.47 Å². The van der Waals surface area contributed by atoms with Crippen LogP contribution in [-0.4, -0.2) is 64.8 Å². The van der Waals surface area contributed by atoms with E-state index in [0.717, 1.165) is 16.9 Å². The molecular weight excluding hydrogens is 352 g/mol. The molecule has 1 aliphatic rings. The van der Waals surface area contributed by atoms with Gasteiger partial charge in [0.25, 0.3) is 0 Å². The monoisotopic (exact) mass is 376 g/mol. The van der Waals surface area contributed by atoms with E-state index in [0.29, 0.717) is 12.2 Å². The van der Waals surface area contributed by atoms with Gasteiger partial charge in [0, 0.05) is 6.42 Å². The second-order valence-corrected chi connectivity index (χ2v) is 6.45. The number of aliphatic hydroxyl groups excluding tert-OH is 4. The van der Waals surface area contributed by atoms with Crippen LogP contribution in [-0.2, 0) is 11.2 Å². The standard InChI is InChI=1S/C20H24O7/c1-25-14-8-6-12(7-9-14)10-13-4-2-3-5-15(13)26-20-19(24)18(23)17(22)16(11-21)27-20/h2-9,16-24H,10-11H2,1H3/t16-,17-,18+,19-,20+/m1/s1. The summed E-state index contributed by atoms with van der Waals surface area (Å²) in [6, 6.07) is 14.9. The average Bonchev–Trinajstić information content (AvgIpc) is 2.70. The highest BCUT2D eigenvalue weighted by Gasteiger charge is 2.44. The SMILES string of the molecule is COc1ccc(Cc2ccccc2O[C@H]2O[C@H](CO)[C@@H](O)[C@H](O)[C@H]2O)cc1. The Morgan fingerprint density at radius 1 is 0.926 bits per heavy atom. The summed E-state index contributed by atoms with van der Waals surface area (Å²) in [6.07, 6.45) is -5.98. The van der Waals surface area contributed by atoms with E-state index in [1.807, 2.05) is 36.4 Å². The summed E-state index contributed by atoms with van der Waals surface area (Å²) in [6.45, 7) is -0.502. The molecule has 27 heavy (non-hydrogen) atoms. The van der Waals surface area contributed by atoms with Crippen molar-refractivity contribution in [1.29, 1.82) is 0 Å². The van der Waals surface area contributed by atoms with E-state index in [4.69, 9.17) is 14.2 Å². The van der Waals surface area contributed by atoms with Gasteiger partial charge in [0.2, 0.25) is 6.29 Å². The zero-order valence-electron chi connectivity index (χ0n) is 14.9. The Kier molecular flexibility index (Phi) is 6.30. The van der Waals surface area contributed by atoms with Gasteiger partial charge in [0.15, 0.2) is 0 Å². The average molecular weight is 376 g/mol. The largest absolute Gasteiger partial charge is 0.497 e. The van der Waals surface area contributed by atoms with Crippen LogP contribution in [0.25, 0.3) is 0 Å². The molecule has 2 aromatic carbocycles. The van der Waals surface area contributed by atoms with Crippen LogP contribution in [0, 0.1) is 0 Å². The smallest absolute Gasteiger partial charge is 0.229 e. The fourth-order valence-electron chi connectivity index (χ4n) is 3.02. The zero-order chi connectivity index (χ0) is 19.4. The van der Waals surface area contributed by atoms with E-state index in [2.05, 4.69) is 0 Å². The van der Waals surface area contributed by atoms with E-state index in [9.17, 15) is 20.4 Å². The lowest BCUT2D eigenvalue weighted by Crippen LogP contribution is -2.60. The van der Waals surface area contributed by atoms with Crippen molar-refractivity contribution in [2.75, 3.05) is 13.7 Å². The molecule has 0 unspecified atom stereocenters. The minimum Gasteiger partial charge on any atom is -0.497 e. The van der Waals surface area contributed by atoms with Crippen molar-refractivity contribution in [3.05, 3.63) is 59.7 Å². The fourth-order valence-corrected chi connectivity index (χ4v) is 3.02. The maximum absolute atomic E-state index is 10.2. The summed E-state index contributed by atoms with van der Waals surface area (Å²) in [4.78, 5) is 0. The number of hydrogen-bond acceptors (Lipinski definition) is 7. The molecule has 0 bridgehead atoms. The third-order valence-electron chi connectivity index (χ3n) is 4.62. The fraction of sp³-hybridized carbons (Fsp3) is 0.400. The molecule has 1 aliphatic heterocycles. The van der Waals surface area contributed by atoms with Gasteiger partial charge in [-0.25, -0.2) is 0 Å². The summed E-state index contributed by atoms with van der Waals surface area (Å²) in [5.41, 5.74) is 1.90. The second kappa shape index (κ2) is 8.69. The van der Waals surface area contributed by atoms with Crippen LogP contribution in [0.2, 0.25) is 0 Å². The Hall–Kier alpha value is -2.16. The number of aliphatic hydroxyl groups is 4. The summed E-state index contributed by atoms with van der Waals surface area (Å²) in [5.74, 6) is 1.25. The molecule has 0 aromatic heterocycles. The zero-order valence-corrected chi connectivity index (χ0v) is 14.9. The van der Waals surface area contributed by atoms with Gasteiger partial charge in [0.1, 0.15) is 35.9 Å². The minimum atomic E-state index is -1.48. The Labute approximate surface area is 157 Å². The predicted octanol–water partition coefficient (Wildman–Crippen LogP) is 0.465. The maximum atomic E-state index is 10.2. The van der Waals surface area contributed by atoms with Gasteiger partial charge in [-0.2, -0.15) is 0 Å². The molecule has 7 heteroatoms. The van der Waals surface area contributed by atoms with Crippen LogP contribution in [0.5, 0.6) is 11.5 Å². The number of hydrogen-bond donors (Lipinski definition) is 4. The first-order valence-corrected chi connectivity index (χ1v) is 8.71. The highest BCUT2D eigenvalue weighted by molar-refractivity contribution is 5.39. The molecule has 1 heterocycles. The van der Waals surface area contributed by atoms with Crippen molar-refractivity contribution >= 4 is 0 Å². The highest BCUT2D eigenvalue weighted by atomic mass is 16.7. The predicted molar refractivity (Wildman–Crippen MR) is 96.6 cm³/mol. The molecule has 0 saturated carbocycles. The quantitative estimate of drug-likeness (QED) is 0.580. The molecule has 3 rings (SSSR count). The number of methoxy groups -OCH3 is 1. The van der Waals surface area contributed by atoms with Crippen LogP contribution in [0.1, 0.15) is 11.1 Å². The lowest BCUT2D eigenvalue weighted by atomic mass is 9.99. The van der Waals surface area contributed by atoms with Crippen molar-refractivity contribution in [3.63, 3.8) is 0 Å². The summed E-state index contributed by atoms with van der Waals surface area (Å²) in [5, 5.41) is 39.3. The summed E-state index contributed by atoms with van der Waals surface area (Å²) >= 11 is 0. The molecule has 1 saturated heterocycles.